The van der Waals surface area contributed by atoms with E-state index in [2.05, 4.69) is 44.7 Å². The summed E-state index contributed by atoms with van der Waals surface area (Å²) in [6.45, 7) is 9.01. The highest BCUT2D eigenvalue weighted by atomic mass is 15.3. The highest BCUT2D eigenvalue weighted by Gasteiger charge is 2.33. The van der Waals surface area contributed by atoms with Crippen LogP contribution < -0.4 is 5.73 Å². The smallest absolute Gasteiger partial charge is 0.0254 e. The van der Waals surface area contributed by atoms with E-state index in [0.717, 1.165) is 12.5 Å². The lowest BCUT2D eigenvalue weighted by atomic mass is 10.1. The van der Waals surface area contributed by atoms with Crippen LogP contribution in [0.4, 0.5) is 0 Å². The number of nitrogens with two attached hydrogens (primary N) is 1. The van der Waals surface area contributed by atoms with E-state index in [1.165, 1.54) is 6.54 Å². The Hall–Kier alpha value is -0.120. The molecule has 0 amide bonds. The van der Waals surface area contributed by atoms with E-state index in [1.54, 1.807) is 0 Å². The molecule has 14 heavy (non-hydrogen) atoms. The number of rotatable bonds is 3. The van der Waals surface area contributed by atoms with E-state index in [1.807, 2.05) is 0 Å². The summed E-state index contributed by atoms with van der Waals surface area (Å²) in [7, 11) is 4.34. The molecular weight excluding hydrogens is 174 g/mol. The van der Waals surface area contributed by atoms with Gasteiger partial charge in [0.2, 0.25) is 0 Å². The maximum absolute atomic E-state index is 5.93. The van der Waals surface area contributed by atoms with Gasteiger partial charge in [0.15, 0.2) is 0 Å². The molecule has 3 nitrogen and oxygen atoms in total. The van der Waals surface area contributed by atoms with Crippen LogP contribution in [0.2, 0.25) is 0 Å². The third-order valence-corrected chi connectivity index (χ3v) is 3.60. The van der Waals surface area contributed by atoms with Crippen LogP contribution >= 0.6 is 0 Å². The highest BCUT2D eigenvalue weighted by Crippen LogP contribution is 2.22. The Labute approximate surface area is 88.2 Å². The first-order valence-electron chi connectivity index (χ1n) is 5.59. The first-order valence-corrected chi connectivity index (χ1v) is 5.59. The zero-order chi connectivity index (χ0) is 10.9. The van der Waals surface area contributed by atoms with Gasteiger partial charge in [0.1, 0.15) is 0 Å². The molecule has 1 aliphatic heterocycles. The highest BCUT2D eigenvalue weighted by molar-refractivity contribution is 4.90. The zero-order valence-electron chi connectivity index (χ0n) is 10.2. The molecule has 1 aliphatic rings. The van der Waals surface area contributed by atoms with Crippen molar-refractivity contribution >= 4 is 0 Å². The number of hydrogen-bond donors (Lipinski definition) is 1. The fourth-order valence-corrected chi connectivity index (χ4v) is 2.32. The SMILES string of the molecule is CC(N)C(C)N1CC(C)C(N(C)C)C1. The summed E-state index contributed by atoms with van der Waals surface area (Å²) in [5.41, 5.74) is 5.93. The summed E-state index contributed by atoms with van der Waals surface area (Å²) in [4.78, 5) is 4.85. The lowest BCUT2D eigenvalue weighted by Crippen LogP contribution is -2.44. The van der Waals surface area contributed by atoms with Crippen LogP contribution in [0.3, 0.4) is 0 Å². The Morgan fingerprint density at radius 1 is 1.29 bits per heavy atom. The van der Waals surface area contributed by atoms with Crippen molar-refractivity contribution in [1.29, 1.82) is 0 Å². The third-order valence-electron chi connectivity index (χ3n) is 3.60. The molecule has 0 saturated carbocycles. The minimum atomic E-state index is 0.267. The molecule has 1 heterocycles. The molecule has 0 bridgehead atoms. The zero-order valence-corrected chi connectivity index (χ0v) is 10.2. The van der Waals surface area contributed by atoms with Crippen molar-refractivity contribution in [2.45, 2.75) is 38.9 Å². The van der Waals surface area contributed by atoms with Crippen molar-refractivity contribution in [2.24, 2.45) is 11.7 Å². The average molecular weight is 199 g/mol. The molecule has 0 aliphatic carbocycles. The van der Waals surface area contributed by atoms with E-state index in [9.17, 15) is 0 Å². The molecule has 3 heteroatoms. The van der Waals surface area contributed by atoms with E-state index in [0.29, 0.717) is 12.1 Å². The normalized spacial score (nSPS) is 33.6. The average Bonchev–Trinajstić information content (AvgIpc) is 2.45. The predicted molar refractivity (Wildman–Crippen MR) is 61.3 cm³/mol. The number of hydrogen-bond acceptors (Lipinski definition) is 3. The van der Waals surface area contributed by atoms with Crippen LogP contribution in [0.5, 0.6) is 0 Å². The maximum atomic E-state index is 5.93. The first-order chi connectivity index (χ1) is 6.43. The molecule has 0 spiro atoms. The molecule has 0 aromatic heterocycles. The van der Waals surface area contributed by atoms with Gasteiger partial charge in [-0.3, -0.25) is 4.90 Å². The third kappa shape index (κ3) is 2.47. The van der Waals surface area contributed by atoms with Gasteiger partial charge in [-0.1, -0.05) is 6.92 Å². The van der Waals surface area contributed by atoms with Crippen LogP contribution in [0.1, 0.15) is 20.8 Å². The van der Waals surface area contributed by atoms with Gasteiger partial charge in [-0.15, -0.1) is 0 Å². The molecule has 4 unspecified atom stereocenters. The van der Waals surface area contributed by atoms with Crippen molar-refractivity contribution in [1.82, 2.24) is 9.80 Å². The van der Waals surface area contributed by atoms with Crippen molar-refractivity contribution in [2.75, 3.05) is 27.2 Å². The van der Waals surface area contributed by atoms with E-state index in [-0.39, 0.29) is 6.04 Å². The molecular formula is C11H25N3. The first kappa shape index (κ1) is 12.0. The lowest BCUT2D eigenvalue weighted by Gasteiger charge is -2.28. The van der Waals surface area contributed by atoms with E-state index < -0.39 is 0 Å². The predicted octanol–water partition coefficient (Wildman–Crippen LogP) is 0.604. The standard InChI is InChI=1S/C11H25N3/c1-8-6-14(10(3)9(2)12)7-11(8)13(4)5/h8-11H,6-7,12H2,1-5H3. The molecule has 0 aromatic rings. The molecule has 2 N–H and O–H groups in total. The Kier molecular flexibility index (Phi) is 3.93. The summed E-state index contributed by atoms with van der Waals surface area (Å²) < 4.78 is 0. The van der Waals surface area contributed by atoms with E-state index in [4.69, 9.17) is 5.73 Å². The maximum Gasteiger partial charge on any atom is 0.0254 e. The largest absolute Gasteiger partial charge is 0.327 e. The number of likely N-dealkylation sites (tertiary alicyclic amines) is 1. The topological polar surface area (TPSA) is 32.5 Å². The fourth-order valence-electron chi connectivity index (χ4n) is 2.32. The van der Waals surface area contributed by atoms with Gasteiger partial charge in [0.05, 0.1) is 0 Å². The minimum absolute atomic E-state index is 0.267. The van der Waals surface area contributed by atoms with Gasteiger partial charge >= 0.3 is 0 Å². The summed E-state index contributed by atoms with van der Waals surface area (Å²) >= 11 is 0. The van der Waals surface area contributed by atoms with Crippen molar-refractivity contribution in [3.8, 4) is 0 Å². The summed E-state index contributed by atoms with van der Waals surface area (Å²) in [5.74, 6) is 0.756. The molecule has 0 radical (unpaired) electrons. The van der Waals surface area contributed by atoms with Crippen LogP contribution in [-0.4, -0.2) is 55.1 Å². The van der Waals surface area contributed by atoms with Crippen molar-refractivity contribution < 1.29 is 0 Å². The molecule has 1 fully saturated rings. The Morgan fingerprint density at radius 2 is 1.86 bits per heavy atom. The Bertz CT molecular complexity index is 179. The van der Waals surface area contributed by atoms with Crippen LogP contribution in [-0.2, 0) is 0 Å². The summed E-state index contributed by atoms with van der Waals surface area (Å²) in [6.07, 6.45) is 0. The van der Waals surface area contributed by atoms with E-state index >= 15 is 0 Å². The number of nitrogens with zero attached hydrogens (tertiary/aromatic N) is 2. The van der Waals surface area contributed by atoms with Gasteiger partial charge in [0, 0.05) is 31.2 Å². The molecule has 1 rings (SSSR count). The minimum Gasteiger partial charge on any atom is -0.327 e. The molecule has 0 aromatic carbocycles. The van der Waals surface area contributed by atoms with Gasteiger partial charge in [-0.25, -0.2) is 0 Å². The summed E-state index contributed by atoms with van der Waals surface area (Å²) in [5, 5.41) is 0. The van der Waals surface area contributed by atoms with Crippen LogP contribution in [0, 0.1) is 5.92 Å². The molecule has 84 valence electrons. The van der Waals surface area contributed by atoms with Crippen molar-refractivity contribution in [3.63, 3.8) is 0 Å². The second-order valence-corrected chi connectivity index (χ2v) is 5.06. The number of likely N-dealkylation sites (N-methyl/N-ethyl adjacent to an activating group) is 1. The molecule has 1 saturated heterocycles. The Morgan fingerprint density at radius 3 is 2.21 bits per heavy atom. The van der Waals surface area contributed by atoms with Gasteiger partial charge in [0.25, 0.3) is 0 Å². The van der Waals surface area contributed by atoms with Crippen LogP contribution in [0.15, 0.2) is 0 Å². The second kappa shape index (κ2) is 4.60. The van der Waals surface area contributed by atoms with Crippen molar-refractivity contribution in [3.05, 3.63) is 0 Å². The van der Waals surface area contributed by atoms with Gasteiger partial charge < -0.3 is 10.6 Å². The Balaban J connectivity index is 2.54. The second-order valence-electron chi connectivity index (χ2n) is 5.06. The monoisotopic (exact) mass is 199 g/mol. The summed E-state index contributed by atoms with van der Waals surface area (Å²) in [6, 6.07) is 1.46. The molecule has 4 atom stereocenters. The van der Waals surface area contributed by atoms with Gasteiger partial charge in [-0.05, 0) is 33.9 Å². The quantitative estimate of drug-likeness (QED) is 0.722. The lowest BCUT2D eigenvalue weighted by molar-refractivity contribution is 0.208. The fraction of sp³-hybridized carbons (Fsp3) is 1.00. The van der Waals surface area contributed by atoms with Crippen LogP contribution in [0.25, 0.3) is 0 Å². The van der Waals surface area contributed by atoms with Gasteiger partial charge in [-0.2, -0.15) is 0 Å².